The van der Waals surface area contributed by atoms with Gasteiger partial charge in [-0.05, 0) is 27.9 Å². The lowest BCUT2D eigenvalue weighted by atomic mass is 10.0. The SMILES string of the molecule is CC(C)CC(=O)c1csc2c(Br)cccc12. The summed E-state index contributed by atoms with van der Waals surface area (Å²) < 4.78 is 2.23. The highest BCUT2D eigenvalue weighted by Crippen LogP contribution is 2.33. The van der Waals surface area contributed by atoms with Crippen LogP contribution in [0, 0.1) is 5.92 Å². The van der Waals surface area contributed by atoms with Crippen molar-refractivity contribution in [1.29, 1.82) is 0 Å². The zero-order valence-corrected chi connectivity index (χ0v) is 11.7. The fourth-order valence-corrected chi connectivity index (χ4v) is 3.34. The first kappa shape index (κ1) is 11.8. The number of rotatable bonds is 3. The molecule has 1 aromatic carbocycles. The number of ketones is 1. The molecule has 84 valence electrons. The van der Waals surface area contributed by atoms with Crippen LogP contribution in [0.1, 0.15) is 30.6 Å². The first-order chi connectivity index (χ1) is 7.59. The van der Waals surface area contributed by atoms with Crippen molar-refractivity contribution in [2.24, 2.45) is 5.92 Å². The lowest BCUT2D eigenvalue weighted by molar-refractivity contribution is 0.0970. The molecule has 0 unspecified atom stereocenters. The number of carbonyl (C=O) groups excluding carboxylic acids is 1. The van der Waals surface area contributed by atoms with Crippen LogP contribution in [0.25, 0.3) is 10.1 Å². The average Bonchev–Trinajstić information content (AvgIpc) is 2.61. The van der Waals surface area contributed by atoms with Crippen molar-refractivity contribution in [3.8, 4) is 0 Å². The Morgan fingerprint density at radius 2 is 2.19 bits per heavy atom. The summed E-state index contributed by atoms with van der Waals surface area (Å²) in [5.74, 6) is 0.661. The Morgan fingerprint density at radius 3 is 2.88 bits per heavy atom. The van der Waals surface area contributed by atoms with E-state index in [0.717, 1.165) is 20.1 Å². The third kappa shape index (κ3) is 2.20. The number of benzene rings is 1. The number of hydrogen-bond acceptors (Lipinski definition) is 2. The largest absolute Gasteiger partial charge is 0.294 e. The summed E-state index contributed by atoms with van der Waals surface area (Å²) in [5, 5.41) is 3.05. The summed E-state index contributed by atoms with van der Waals surface area (Å²) in [5.41, 5.74) is 0.870. The third-order valence-corrected chi connectivity index (χ3v) is 4.40. The Bertz CT molecular complexity index is 528. The minimum Gasteiger partial charge on any atom is -0.294 e. The van der Waals surface area contributed by atoms with Crippen molar-refractivity contribution in [2.75, 3.05) is 0 Å². The van der Waals surface area contributed by atoms with Gasteiger partial charge in [0.15, 0.2) is 5.78 Å². The van der Waals surface area contributed by atoms with Gasteiger partial charge in [0.25, 0.3) is 0 Å². The second-order valence-electron chi connectivity index (χ2n) is 4.29. The van der Waals surface area contributed by atoms with Crippen molar-refractivity contribution in [2.45, 2.75) is 20.3 Å². The summed E-state index contributed by atoms with van der Waals surface area (Å²) in [4.78, 5) is 12.0. The summed E-state index contributed by atoms with van der Waals surface area (Å²) in [7, 11) is 0. The van der Waals surface area contributed by atoms with E-state index in [9.17, 15) is 4.79 Å². The van der Waals surface area contributed by atoms with Gasteiger partial charge >= 0.3 is 0 Å². The molecule has 2 rings (SSSR count). The van der Waals surface area contributed by atoms with Crippen LogP contribution < -0.4 is 0 Å². The maximum atomic E-state index is 12.0. The molecule has 2 aromatic rings. The van der Waals surface area contributed by atoms with Crippen LogP contribution >= 0.6 is 27.3 Å². The number of Topliss-reactive ketones (excluding diaryl/α,β-unsaturated/α-hetero) is 1. The Morgan fingerprint density at radius 1 is 1.44 bits per heavy atom. The second-order valence-corrected chi connectivity index (χ2v) is 6.02. The van der Waals surface area contributed by atoms with E-state index in [2.05, 4.69) is 29.8 Å². The molecule has 3 heteroatoms. The minimum absolute atomic E-state index is 0.249. The molecule has 0 aliphatic heterocycles. The first-order valence-electron chi connectivity index (χ1n) is 5.28. The van der Waals surface area contributed by atoms with Gasteiger partial charge in [-0.25, -0.2) is 0 Å². The number of halogens is 1. The van der Waals surface area contributed by atoms with Crippen molar-refractivity contribution in [3.05, 3.63) is 33.6 Å². The number of thiophene rings is 1. The lowest BCUT2D eigenvalue weighted by Crippen LogP contribution is -2.02. The lowest BCUT2D eigenvalue weighted by Gasteiger charge is -2.02. The predicted molar refractivity (Wildman–Crippen MR) is 73.3 cm³/mol. The molecule has 0 saturated heterocycles. The minimum atomic E-state index is 0.249. The fourth-order valence-electron chi connectivity index (χ4n) is 1.72. The molecule has 0 aliphatic rings. The molecule has 1 aromatic heterocycles. The highest BCUT2D eigenvalue weighted by atomic mass is 79.9. The van der Waals surface area contributed by atoms with Crippen LogP contribution in [0.4, 0.5) is 0 Å². The van der Waals surface area contributed by atoms with Gasteiger partial charge in [-0.3, -0.25) is 4.79 Å². The van der Waals surface area contributed by atoms with E-state index in [1.165, 1.54) is 0 Å². The maximum Gasteiger partial charge on any atom is 0.164 e. The van der Waals surface area contributed by atoms with Gasteiger partial charge in [0.05, 0.1) is 0 Å². The van der Waals surface area contributed by atoms with Gasteiger partial charge < -0.3 is 0 Å². The molecular formula is C13H13BrOS. The summed E-state index contributed by atoms with van der Waals surface area (Å²) in [6.07, 6.45) is 0.623. The van der Waals surface area contributed by atoms with Crippen LogP contribution in [-0.4, -0.2) is 5.78 Å². The van der Waals surface area contributed by atoms with Gasteiger partial charge in [0, 0.05) is 31.9 Å². The van der Waals surface area contributed by atoms with Crippen LogP contribution in [0.2, 0.25) is 0 Å². The Kier molecular flexibility index (Phi) is 3.45. The van der Waals surface area contributed by atoms with Gasteiger partial charge in [0.1, 0.15) is 0 Å². The molecule has 0 N–H and O–H groups in total. The molecule has 0 saturated carbocycles. The fraction of sp³-hybridized carbons (Fsp3) is 0.308. The molecule has 0 spiro atoms. The van der Waals surface area contributed by atoms with E-state index in [1.54, 1.807) is 11.3 Å². The molecule has 16 heavy (non-hydrogen) atoms. The Labute approximate surface area is 108 Å². The van der Waals surface area contributed by atoms with E-state index in [4.69, 9.17) is 0 Å². The highest BCUT2D eigenvalue weighted by Gasteiger charge is 2.14. The van der Waals surface area contributed by atoms with E-state index in [0.29, 0.717) is 12.3 Å². The van der Waals surface area contributed by atoms with Crippen LogP contribution in [0.15, 0.2) is 28.1 Å². The van der Waals surface area contributed by atoms with Crippen molar-refractivity contribution < 1.29 is 4.79 Å². The summed E-state index contributed by atoms with van der Waals surface area (Å²) >= 11 is 5.14. The van der Waals surface area contributed by atoms with E-state index in [-0.39, 0.29) is 5.78 Å². The smallest absolute Gasteiger partial charge is 0.164 e. The van der Waals surface area contributed by atoms with Crippen molar-refractivity contribution in [3.63, 3.8) is 0 Å². The number of fused-ring (bicyclic) bond motifs is 1. The average molecular weight is 297 g/mol. The number of carbonyl (C=O) groups is 1. The number of hydrogen-bond donors (Lipinski definition) is 0. The quantitative estimate of drug-likeness (QED) is 0.737. The topological polar surface area (TPSA) is 17.1 Å². The molecule has 1 nitrogen and oxygen atoms in total. The predicted octanol–water partition coefficient (Wildman–Crippen LogP) is 4.89. The Hall–Kier alpha value is -0.670. The van der Waals surface area contributed by atoms with E-state index < -0.39 is 0 Å². The monoisotopic (exact) mass is 296 g/mol. The highest BCUT2D eigenvalue weighted by molar-refractivity contribution is 9.10. The third-order valence-electron chi connectivity index (χ3n) is 2.45. The standard InChI is InChI=1S/C13H13BrOS/c1-8(2)6-12(15)10-7-16-13-9(10)4-3-5-11(13)14/h3-5,7-8H,6H2,1-2H3. The molecule has 0 aliphatic carbocycles. The molecular weight excluding hydrogens is 284 g/mol. The zero-order valence-electron chi connectivity index (χ0n) is 9.29. The van der Waals surface area contributed by atoms with Crippen LogP contribution in [0.5, 0.6) is 0 Å². The molecule has 1 heterocycles. The van der Waals surface area contributed by atoms with Crippen molar-refractivity contribution in [1.82, 2.24) is 0 Å². The zero-order chi connectivity index (χ0) is 11.7. The normalized spacial score (nSPS) is 11.2. The molecule has 0 bridgehead atoms. The van der Waals surface area contributed by atoms with Gasteiger partial charge in [-0.2, -0.15) is 0 Å². The van der Waals surface area contributed by atoms with Gasteiger partial charge in [-0.15, -0.1) is 11.3 Å². The van der Waals surface area contributed by atoms with Crippen LogP contribution in [-0.2, 0) is 0 Å². The van der Waals surface area contributed by atoms with Crippen molar-refractivity contribution >= 4 is 43.1 Å². The summed E-state index contributed by atoms with van der Waals surface area (Å²) in [6, 6.07) is 6.00. The first-order valence-corrected chi connectivity index (χ1v) is 6.95. The van der Waals surface area contributed by atoms with Crippen LogP contribution in [0.3, 0.4) is 0 Å². The van der Waals surface area contributed by atoms with Gasteiger partial charge in [-0.1, -0.05) is 26.0 Å². The molecule has 0 fully saturated rings. The molecule has 0 radical (unpaired) electrons. The summed E-state index contributed by atoms with van der Waals surface area (Å²) in [6.45, 7) is 4.14. The van der Waals surface area contributed by atoms with E-state index >= 15 is 0 Å². The molecule has 0 amide bonds. The van der Waals surface area contributed by atoms with Gasteiger partial charge in [0.2, 0.25) is 0 Å². The molecule has 0 atom stereocenters. The second kappa shape index (κ2) is 4.68. The Balaban J connectivity index is 2.46. The maximum absolute atomic E-state index is 12.0. The van der Waals surface area contributed by atoms with E-state index in [1.807, 2.05) is 23.6 Å².